The number of carbonyl (C=O) groups is 1. The summed E-state index contributed by atoms with van der Waals surface area (Å²) < 4.78 is 11.6. The number of hydrogen-bond donors (Lipinski definition) is 2. The van der Waals surface area contributed by atoms with E-state index >= 15 is 0 Å². The normalized spacial score (nSPS) is 15.3. The van der Waals surface area contributed by atoms with Crippen molar-refractivity contribution in [1.82, 2.24) is 4.98 Å². The van der Waals surface area contributed by atoms with E-state index in [4.69, 9.17) is 32.2 Å². The van der Waals surface area contributed by atoms with Crippen LogP contribution in [0.25, 0.3) is 10.8 Å². The highest BCUT2D eigenvalue weighted by atomic mass is 35.5. The molecule has 1 aromatic heterocycles. The van der Waals surface area contributed by atoms with Crippen LogP contribution < -0.4 is 15.4 Å². The van der Waals surface area contributed by atoms with Gasteiger partial charge in [0, 0.05) is 42.1 Å². The van der Waals surface area contributed by atoms with Crippen LogP contribution in [0.15, 0.2) is 54.9 Å². The van der Waals surface area contributed by atoms with E-state index in [0.717, 1.165) is 16.5 Å². The van der Waals surface area contributed by atoms with Crippen LogP contribution in [0.2, 0.25) is 5.02 Å². The highest BCUT2D eigenvalue weighted by molar-refractivity contribution is 6.37. The van der Waals surface area contributed by atoms with Gasteiger partial charge in [0.05, 0.1) is 11.6 Å². The maximum absolute atomic E-state index is 13.0. The Morgan fingerprint density at radius 1 is 1.18 bits per heavy atom. The lowest BCUT2D eigenvalue weighted by atomic mass is 9.79. The number of hydrogen-bond acceptors (Lipinski definition) is 6. The fourth-order valence-electron chi connectivity index (χ4n) is 4.20. The van der Waals surface area contributed by atoms with Gasteiger partial charge in [-0.25, -0.2) is 0 Å². The number of amidine groups is 1. The molecule has 8 heteroatoms. The Bertz CT molecular complexity index is 1160. The first-order valence-corrected chi connectivity index (χ1v) is 11.3. The molecule has 0 bridgehead atoms. The van der Waals surface area contributed by atoms with Crippen LogP contribution in [0.5, 0.6) is 5.75 Å². The van der Waals surface area contributed by atoms with Crippen LogP contribution in [0, 0.1) is 10.8 Å². The van der Waals surface area contributed by atoms with Crippen molar-refractivity contribution < 1.29 is 14.3 Å². The summed E-state index contributed by atoms with van der Waals surface area (Å²) in [7, 11) is 0. The zero-order valence-corrected chi connectivity index (χ0v) is 19.3. The molecule has 1 aliphatic rings. The molecule has 4 rings (SSSR count). The monoisotopic (exact) mass is 466 g/mol. The number of piperidine rings is 1. The number of nitrogens with zero attached hydrogens (tertiary/aromatic N) is 2. The summed E-state index contributed by atoms with van der Waals surface area (Å²) in [5.41, 5.74) is 6.56. The van der Waals surface area contributed by atoms with Crippen molar-refractivity contribution in [3.8, 4) is 5.75 Å². The molecule has 0 spiro atoms. The number of ether oxygens (including phenoxy) is 2. The molecule has 1 fully saturated rings. The molecule has 1 aliphatic heterocycles. The van der Waals surface area contributed by atoms with Gasteiger partial charge < -0.3 is 20.1 Å². The summed E-state index contributed by atoms with van der Waals surface area (Å²) in [4.78, 5) is 19.3. The number of fused-ring (bicyclic) bond motifs is 1. The molecule has 0 radical (unpaired) electrons. The Morgan fingerprint density at radius 3 is 2.55 bits per heavy atom. The fourth-order valence-corrected chi connectivity index (χ4v) is 4.48. The van der Waals surface area contributed by atoms with Crippen molar-refractivity contribution in [3.05, 3.63) is 65.4 Å². The Balaban J connectivity index is 1.55. The van der Waals surface area contributed by atoms with Gasteiger partial charge in [-0.2, -0.15) is 0 Å². The van der Waals surface area contributed by atoms with E-state index in [1.807, 2.05) is 37.3 Å². The SMILES string of the molecule is CCOC(=O)C1(COc2ccc3ccc(C(=N)N)cc3c2Cl)CCN(c2ccncc2)CC1. The second-order valence-corrected chi connectivity index (χ2v) is 8.59. The molecular weight excluding hydrogens is 440 g/mol. The number of carbonyl (C=O) groups excluding carboxylic acids is 1. The third kappa shape index (κ3) is 4.73. The second kappa shape index (κ2) is 9.67. The molecule has 33 heavy (non-hydrogen) atoms. The first kappa shape index (κ1) is 22.9. The molecule has 0 atom stereocenters. The minimum atomic E-state index is -0.751. The van der Waals surface area contributed by atoms with Gasteiger partial charge >= 0.3 is 5.97 Å². The number of nitrogens with two attached hydrogens (primary N) is 1. The highest BCUT2D eigenvalue weighted by Gasteiger charge is 2.44. The number of nitrogen functional groups attached to an aromatic ring is 1. The lowest BCUT2D eigenvalue weighted by Crippen LogP contribution is -2.48. The van der Waals surface area contributed by atoms with E-state index in [1.54, 1.807) is 24.5 Å². The van der Waals surface area contributed by atoms with E-state index in [-0.39, 0.29) is 18.4 Å². The summed E-state index contributed by atoms with van der Waals surface area (Å²) in [6, 6.07) is 13.1. The van der Waals surface area contributed by atoms with Crippen LogP contribution in [0.3, 0.4) is 0 Å². The largest absolute Gasteiger partial charge is 0.491 e. The third-order valence-corrected chi connectivity index (χ3v) is 6.58. The molecule has 172 valence electrons. The smallest absolute Gasteiger partial charge is 0.315 e. The average molecular weight is 467 g/mol. The number of halogens is 1. The van der Waals surface area contributed by atoms with E-state index in [9.17, 15) is 4.79 Å². The fraction of sp³-hybridized carbons (Fsp3) is 0.320. The first-order chi connectivity index (χ1) is 15.9. The number of esters is 1. The highest BCUT2D eigenvalue weighted by Crippen LogP contribution is 2.38. The first-order valence-electron chi connectivity index (χ1n) is 11.0. The Morgan fingerprint density at radius 2 is 1.88 bits per heavy atom. The number of benzene rings is 2. The minimum Gasteiger partial charge on any atom is -0.491 e. The molecule has 2 heterocycles. The van der Waals surface area contributed by atoms with Gasteiger partial charge in [-0.15, -0.1) is 0 Å². The maximum Gasteiger partial charge on any atom is 0.315 e. The van der Waals surface area contributed by atoms with E-state index in [0.29, 0.717) is 48.9 Å². The van der Waals surface area contributed by atoms with Crippen LogP contribution in [0.1, 0.15) is 25.3 Å². The van der Waals surface area contributed by atoms with Crippen LogP contribution in [-0.4, -0.2) is 43.1 Å². The van der Waals surface area contributed by atoms with Crippen molar-refractivity contribution in [2.24, 2.45) is 11.1 Å². The van der Waals surface area contributed by atoms with Gasteiger partial charge in [0.1, 0.15) is 23.6 Å². The standard InChI is InChI=1S/C25H27ClN4O3/c1-2-32-24(31)25(9-13-30(14-10-25)19-7-11-29-12-8-19)16-33-21-6-5-17-3-4-18(23(27)28)15-20(17)22(21)26/h3-8,11-12,15H,2,9-10,13-14,16H2,1H3,(H3,27,28). The van der Waals surface area contributed by atoms with Crippen molar-refractivity contribution >= 4 is 39.9 Å². The quantitative estimate of drug-likeness (QED) is 0.304. The number of anilines is 1. The van der Waals surface area contributed by atoms with Crippen LogP contribution in [-0.2, 0) is 9.53 Å². The zero-order valence-electron chi connectivity index (χ0n) is 18.5. The van der Waals surface area contributed by atoms with E-state index in [1.165, 1.54) is 0 Å². The molecule has 2 aromatic carbocycles. The second-order valence-electron chi connectivity index (χ2n) is 8.21. The Hall–Kier alpha value is -3.32. The molecule has 0 unspecified atom stereocenters. The molecule has 3 aromatic rings. The zero-order chi connectivity index (χ0) is 23.4. The van der Waals surface area contributed by atoms with Gasteiger partial charge in [-0.3, -0.25) is 15.2 Å². The number of aromatic nitrogens is 1. The van der Waals surface area contributed by atoms with Gasteiger partial charge in [-0.1, -0.05) is 29.8 Å². The summed E-state index contributed by atoms with van der Waals surface area (Å²) >= 11 is 6.66. The molecule has 0 amide bonds. The van der Waals surface area contributed by atoms with Crippen molar-refractivity contribution in [2.45, 2.75) is 19.8 Å². The molecule has 7 nitrogen and oxygen atoms in total. The lowest BCUT2D eigenvalue weighted by Gasteiger charge is -2.40. The van der Waals surface area contributed by atoms with Gasteiger partial charge in [-0.05, 0) is 49.4 Å². The number of pyridine rings is 1. The Kier molecular flexibility index (Phi) is 6.70. The van der Waals surface area contributed by atoms with Crippen molar-refractivity contribution in [2.75, 3.05) is 31.2 Å². The molecule has 0 saturated carbocycles. The summed E-state index contributed by atoms with van der Waals surface area (Å²) in [6.07, 6.45) is 4.75. The van der Waals surface area contributed by atoms with Gasteiger partial charge in [0.15, 0.2) is 0 Å². The predicted molar refractivity (Wildman–Crippen MR) is 130 cm³/mol. The summed E-state index contributed by atoms with van der Waals surface area (Å²) in [5, 5.41) is 9.79. The molecule has 0 aliphatic carbocycles. The average Bonchev–Trinajstić information content (AvgIpc) is 2.84. The summed E-state index contributed by atoms with van der Waals surface area (Å²) in [5.74, 6) is 0.224. The molecule has 3 N–H and O–H groups in total. The molecular formula is C25H27ClN4O3. The third-order valence-electron chi connectivity index (χ3n) is 6.19. The number of nitrogens with one attached hydrogen (secondary N) is 1. The Labute approximate surface area is 198 Å². The topological polar surface area (TPSA) is 102 Å². The van der Waals surface area contributed by atoms with Gasteiger partial charge in [0.2, 0.25) is 0 Å². The van der Waals surface area contributed by atoms with Crippen molar-refractivity contribution in [3.63, 3.8) is 0 Å². The maximum atomic E-state index is 13.0. The predicted octanol–water partition coefficient (Wildman–Crippen LogP) is 4.40. The lowest BCUT2D eigenvalue weighted by molar-refractivity contribution is -0.159. The van der Waals surface area contributed by atoms with Crippen LogP contribution in [0.4, 0.5) is 5.69 Å². The van der Waals surface area contributed by atoms with Gasteiger partial charge in [0.25, 0.3) is 0 Å². The van der Waals surface area contributed by atoms with E-state index in [2.05, 4.69) is 9.88 Å². The van der Waals surface area contributed by atoms with Crippen molar-refractivity contribution in [1.29, 1.82) is 5.41 Å². The number of rotatable bonds is 7. The van der Waals surface area contributed by atoms with Crippen LogP contribution >= 0.6 is 11.6 Å². The summed E-state index contributed by atoms with van der Waals surface area (Å²) in [6.45, 7) is 3.72. The molecule has 1 saturated heterocycles. The minimum absolute atomic E-state index is 0.0264. The van der Waals surface area contributed by atoms with E-state index < -0.39 is 5.41 Å².